The fraction of sp³-hybridized carbons (Fsp3) is 0.688. The molecule has 2 rings (SSSR count). The van der Waals surface area contributed by atoms with E-state index < -0.39 is 0 Å². The van der Waals surface area contributed by atoms with E-state index in [1.807, 2.05) is 6.20 Å². The lowest BCUT2D eigenvalue weighted by atomic mass is 10.1. The van der Waals surface area contributed by atoms with Gasteiger partial charge in [-0.05, 0) is 37.6 Å². The molecule has 4 nitrogen and oxygen atoms in total. The predicted octanol–water partition coefficient (Wildman–Crippen LogP) is 1.97. The number of nitrogens with one attached hydrogen (secondary N) is 1. The topological polar surface area (TPSA) is 31.4 Å². The predicted molar refractivity (Wildman–Crippen MR) is 85.1 cm³/mol. The first-order valence-corrected chi connectivity index (χ1v) is 7.62. The number of rotatable bonds is 6. The second kappa shape index (κ2) is 7.04. The van der Waals surface area contributed by atoms with Crippen molar-refractivity contribution in [1.82, 2.24) is 15.2 Å². The Hall–Kier alpha value is -1.13. The normalized spacial score (nSPS) is 19.8. The maximum absolute atomic E-state index is 4.59. The molecule has 0 aliphatic carbocycles. The van der Waals surface area contributed by atoms with Crippen LogP contribution in [-0.2, 0) is 6.54 Å². The van der Waals surface area contributed by atoms with Crippen LogP contribution in [0.3, 0.4) is 0 Å². The molecule has 4 heteroatoms. The van der Waals surface area contributed by atoms with Crippen molar-refractivity contribution in [3.05, 3.63) is 23.9 Å². The maximum Gasteiger partial charge on any atom is 0.128 e. The van der Waals surface area contributed by atoms with Gasteiger partial charge in [0.2, 0.25) is 0 Å². The number of anilines is 1. The SMILES string of the molecule is CC(C)NCc1ccc(N(C)CC2CCN(C)C2)nc1. The van der Waals surface area contributed by atoms with E-state index in [0.717, 1.165) is 24.8 Å². The van der Waals surface area contributed by atoms with Crippen LogP contribution in [0, 0.1) is 5.92 Å². The highest BCUT2D eigenvalue weighted by Crippen LogP contribution is 2.18. The van der Waals surface area contributed by atoms with E-state index in [4.69, 9.17) is 0 Å². The van der Waals surface area contributed by atoms with E-state index in [1.165, 1.54) is 25.1 Å². The fourth-order valence-electron chi connectivity index (χ4n) is 2.73. The van der Waals surface area contributed by atoms with Gasteiger partial charge in [-0.15, -0.1) is 0 Å². The van der Waals surface area contributed by atoms with Crippen LogP contribution in [0.1, 0.15) is 25.8 Å². The van der Waals surface area contributed by atoms with E-state index in [2.05, 4.69) is 60.2 Å². The largest absolute Gasteiger partial charge is 0.359 e. The minimum absolute atomic E-state index is 0.511. The number of pyridine rings is 1. The number of hydrogen-bond donors (Lipinski definition) is 1. The van der Waals surface area contributed by atoms with E-state index in [0.29, 0.717) is 6.04 Å². The minimum atomic E-state index is 0.511. The van der Waals surface area contributed by atoms with Gasteiger partial charge in [0.1, 0.15) is 5.82 Å². The van der Waals surface area contributed by atoms with Gasteiger partial charge in [0.15, 0.2) is 0 Å². The smallest absolute Gasteiger partial charge is 0.128 e. The standard InChI is InChI=1S/C16H28N4/c1-13(2)17-9-14-5-6-16(18-10-14)20(4)12-15-7-8-19(3)11-15/h5-6,10,13,15,17H,7-9,11-12H2,1-4H3. The van der Waals surface area contributed by atoms with Gasteiger partial charge in [-0.2, -0.15) is 0 Å². The molecule has 0 radical (unpaired) electrons. The van der Waals surface area contributed by atoms with Crippen molar-refractivity contribution < 1.29 is 0 Å². The molecule has 2 heterocycles. The molecule has 0 bridgehead atoms. The molecule has 0 spiro atoms. The first-order valence-electron chi connectivity index (χ1n) is 7.62. The lowest BCUT2D eigenvalue weighted by Crippen LogP contribution is -2.28. The molecule has 1 aromatic rings. The summed E-state index contributed by atoms with van der Waals surface area (Å²) < 4.78 is 0. The highest BCUT2D eigenvalue weighted by molar-refractivity contribution is 5.38. The second-order valence-corrected chi connectivity index (χ2v) is 6.36. The van der Waals surface area contributed by atoms with Crippen molar-refractivity contribution >= 4 is 5.82 Å². The highest BCUT2D eigenvalue weighted by Gasteiger charge is 2.21. The molecule has 1 saturated heterocycles. The minimum Gasteiger partial charge on any atom is -0.359 e. The van der Waals surface area contributed by atoms with Crippen LogP contribution in [-0.4, -0.2) is 49.7 Å². The van der Waals surface area contributed by atoms with Crippen molar-refractivity contribution in [3.8, 4) is 0 Å². The van der Waals surface area contributed by atoms with Crippen LogP contribution in [0.15, 0.2) is 18.3 Å². The summed E-state index contributed by atoms with van der Waals surface area (Å²) in [6, 6.07) is 4.82. The third-order valence-electron chi connectivity index (χ3n) is 3.94. The average molecular weight is 276 g/mol. The van der Waals surface area contributed by atoms with Crippen LogP contribution < -0.4 is 10.2 Å². The number of likely N-dealkylation sites (tertiary alicyclic amines) is 1. The summed E-state index contributed by atoms with van der Waals surface area (Å²) in [7, 11) is 4.35. The average Bonchev–Trinajstić information content (AvgIpc) is 2.82. The van der Waals surface area contributed by atoms with E-state index >= 15 is 0 Å². The number of aromatic nitrogens is 1. The summed E-state index contributed by atoms with van der Waals surface area (Å²) >= 11 is 0. The second-order valence-electron chi connectivity index (χ2n) is 6.36. The molecule has 1 aliphatic heterocycles. The first-order chi connectivity index (χ1) is 9.54. The van der Waals surface area contributed by atoms with Crippen LogP contribution in [0.4, 0.5) is 5.82 Å². The van der Waals surface area contributed by atoms with Crippen LogP contribution in [0.5, 0.6) is 0 Å². The van der Waals surface area contributed by atoms with Crippen LogP contribution in [0.2, 0.25) is 0 Å². The summed E-state index contributed by atoms with van der Waals surface area (Å²) in [4.78, 5) is 9.28. The van der Waals surface area contributed by atoms with Crippen molar-refractivity contribution in [2.45, 2.75) is 32.9 Å². The quantitative estimate of drug-likeness (QED) is 0.861. The lowest BCUT2D eigenvalue weighted by Gasteiger charge is -2.22. The van der Waals surface area contributed by atoms with Crippen molar-refractivity contribution in [3.63, 3.8) is 0 Å². The monoisotopic (exact) mass is 276 g/mol. The van der Waals surface area contributed by atoms with Crippen molar-refractivity contribution in [2.24, 2.45) is 5.92 Å². The van der Waals surface area contributed by atoms with E-state index in [1.54, 1.807) is 0 Å². The van der Waals surface area contributed by atoms with Crippen molar-refractivity contribution in [1.29, 1.82) is 0 Å². The molecular formula is C16H28N4. The molecule has 0 amide bonds. The van der Waals surface area contributed by atoms with Crippen LogP contribution in [0.25, 0.3) is 0 Å². The first kappa shape index (κ1) is 15.3. The Morgan fingerprint density at radius 2 is 2.25 bits per heavy atom. The lowest BCUT2D eigenvalue weighted by molar-refractivity contribution is 0.395. The zero-order valence-corrected chi connectivity index (χ0v) is 13.3. The Balaban J connectivity index is 1.85. The molecule has 1 unspecified atom stereocenters. The van der Waals surface area contributed by atoms with Gasteiger partial charge in [-0.1, -0.05) is 19.9 Å². The Kier molecular flexibility index (Phi) is 5.38. The van der Waals surface area contributed by atoms with E-state index in [-0.39, 0.29) is 0 Å². The molecule has 1 aromatic heterocycles. The molecule has 20 heavy (non-hydrogen) atoms. The highest BCUT2D eigenvalue weighted by atomic mass is 15.2. The van der Waals surface area contributed by atoms with E-state index in [9.17, 15) is 0 Å². The van der Waals surface area contributed by atoms with Crippen molar-refractivity contribution in [2.75, 3.05) is 38.6 Å². The molecule has 1 N–H and O–H groups in total. The van der Waals surface area contributed by atoms with Gasteiger partial charge in [0, 0.05) is 38.9 Å². The Bertz CT molecular complexity index is 401. The summed E-state index contributed by atoms with van der Waals surface area (Å²) in [6.45, 7) is 8.75. The Labute approximate surface area is 123 Å². The third-order valence-corrected chi connectivity index (χ3v) is 3.94. The molecule has 112 valence electrons. The zero-order valence-electron chi connectivity index (χ0n) is 13.3. The molecule has 1 aliphatic rings. The van der Waals surface area contributed by atoms with Gasteiger partial charge in [0.25, 0.3) is 0 Å². The van der Waals surface area contributed by atoms with Crippen LogP contribution >= 0.6 is 0 Å². The third kappa shape index (κ3) is 4.46. The summed E-state index contributed by atoms with van der Waals surface area (Å²) in [5.41, 5.74) is 1.25. The maximum atomic E-state index is 4.59. The molecule has 1 fully saturated rings. The molecule has 1 atom stereocenters. The van der Waals surface area contributed by atoms with Gasteiger partial charge >= 0.3 is 0 Å². The van der Waals surface area contributed by atoms with Gasteiger partial charge in [-0.3, -0.25) is 0 Å². The Morgan fingerprint density at radius 3 is 2.80 bits per heavy atom. The molecule has 0 saturated carbocycles. The molecular weight excluding hydrogens is 248 g/mol. The Morgan fingerprint density at radius 1 is 1.45 bits per heavy atom. The summed E-state index contributed by atoms with van der Waals surface area (Å²) in [6.07, 6.45) is 3.29. The van der Waals surface area contributed by atoms with Gasteiger partial charge in [0.05, 0.1) is 0 Å². The van der Waals surface area contributed by atoms with Gasteiger partial charge in [-0.25, -0.2) is 4.98 Å². The summed E-state index contributed by atoms with van der Waals surface area (Å²) in [5, 5.41) is 3.41. The fourth-order valence-corrected chi connectivity index (χ4v) is 2.73. The summed E-state index contributed by atoms with van der Waals surface area (Å²) in [5.74, 6) is 1.85. The number of hydrogen-bond acceptors (Lipinski definition) is 4. The molecule has 0 aromatic carbocycles. The van der Waals surface area contributed by atoms with Gasteiger partial charge < -0.3 is 15.1 Å². The zero-order chi connectivity index (χ0) is 14.5. The number of nitrogens with zero attached hydrogens (tertiary/aromatic N) is 3.